The topological polar surface area (TPSA) is 130 Å². The van der Waals surface area contributed by atoms with Gasteiger partial charge in [-0.15, -0.1) is 0 Å². The van der Waals surface area contributed by atoms with Crippen molar-refractivity contribution in [3.8, 4) is 5.75 Å². The first-order chi connectivity index (χ1) is 14.2. The first-order valence-corrected chi connectivity index (χ1v) is 10.0. The number of aromatic amines is 1. The van der Waals surface area contributed by atoms with Crippen LogP contribution in [0.4, 0.5) is 4.39 Å². The number of nitrogens with zero attached hydrogens (tertiary/aromatic N) is 1. The molecule has 3 saturated carbocycles. The van der Waals surface area contributed by atoms with E-state index < -0.39 is 28.8 Å². The molecule has 5 rings (SSSR count). The van der Waals surface area contributed by atoms with Crippen LogP contribution in [-0.2, 0) is 10.2 Å². The monoisotopic (exact) mass is 436 g/mol. The van der Waals surface area contributed by atoms with Gasteiger partial charge in [-0.2, -0.15) is 5.10 Å². The number of fused-ring (bicyclic) bond motifs is 3. The van der Waals surface area contributed by atoms with Gasteiger partial charge in [0.1, 0.15) is 11.6 Å². The van der Waals surface area contributed by atoms with Crippen molar-refractivity contribution in [3.05, 3.63) is 46.5 Å². The number of amides is 2. The fraction of sp³-hybridized carbons (Fsp3) is 0.450. The normalized spacial score (nSPS) is 27.6. The van der Waals surface area contributed by atoms with Gasteiger partial charge in [-0.3, -0.25) is 14.7 Å². The van der Waals surface area contributed by atoms with Crippen LogP contribution in [0.25, 0.3) is 0 Å². The zero-order valence-corrected chi connectivity index (χ0v) is 16.8. The molecule has 8 nitrogen and oxygen atoms in total. The van der Waals surface area contributed by atoms with Crippen molar-refractivity contribution in [3.63, 3.8) is 0 Å². The van der Waals surface area contributed by atoms with Crippen molar-refractivity contribution in [2.45, 2.75) is 49.2 Å². The maximum atomic E-state index is 13.5. The number of nitrogens with one attached hydrogen (secondary N) is 2. The SMILES string of the molecule is NC(=O)c1cn[nH]c1C12CCC(NC(=O)COc3ccc(Cl)c(F)c3)(CC1)CC2O. The molecule has 3 aliphatic carbocycles. The van der Waals surface area contributed by atoms with E-state index in [1.807, 2.05) is 0 Å². The van der Waals surface area contributed by atoms with Gasteiger partial charge in [0.15, 0.2) is 6.61 Å². The highest BCUT2D eigenvalue weighted by Crippen LogP contribution is 2.53. The van der Waals surface area contributed by atoms with E-state index in [4.69, 9.17) is 22.1 Å². The lowest BCUT2D eigenvalue weighted by molar-refractivity contribution is -0.129. The fourth-order valence-electron chi connectivity index (χ4n) is 4.77. The minimum Gasteiger partial charge on any atom is -0.484 e. The van der Waals surface area contributed by atoms with Gasteiger partial charge in [0, 0.05) is 17.0 Å². The Morgan fingerprint density at radius 3 is 2.73 bits per heavy atom. The number of halogens is 2. The van der Waals surface area contributed by atoms with Gasteiger partial charge in [0.25, 0.3) is 11.8 Å². The van der Waals surface area contributed by atoms with Crippen LogP contribution in [-0.4, -0.2) is 45.4 Å². The standard InChI is InChI=1S/C20H22ClFN4O4/c21-13-2-1-11(7-14(13)22)30-10-16(28)25-19-3-5-20(6-4-19,15(27)8-19)17-12(18(23)29)9-24-26-17/h1-2,7,9,15,27H,3-6,8,10H2,(H2,23,29)(H,24,26)(H,25,28). The second-order valence-electron chi connectivity index (χ2n) is 8.09. The number of hydrogen-bond acceptors (Lipinski definition) is 5. The lowest BCUT2D eigenvalue weighted by Crippen LogP contribution is -2.64. The second-order valence-corrected chi connectivity index (χ2v) is 8.50. The fourth-order valence-corrected chi connectivity index (χ4v) is 4.89. The Balaban J connectivity index is 1.41. The molecule has 0 spiro atoms. The molecule has 1 aromatic carbocycles. The Kier molecular flexibility index (Phi) is 5.19. The molecule has 1 heterocycles. The summed E-state index contributed by atoms with van der Waals surface area (Å²) in [5, 5.41) is 20.7. The minimum atomic E-state index is -0.773. The number of ether oxygens (including phenoxy) is 1. The van der Waals surface area contributed by atoms with E-state index in [-0.39, 0.29) is 28.8 Å². The number of nitrogens with two attached hydrogens (primary N) is 1. The molecule has 0 radical (unpaired) electrons. The number of H-pyrrole nitrogens is 1. The molecule has 1 atom stereocenters. The number of aliphatic hydroxyl groups excluding tert-OH is 1. The summed E-state index contributed by atoms with van der Waals surface area (Å²) in [6.07, 6.45) is 3.34. The number of aromatic nitrogens is 2. The van der Waals surface area contributed by atoms with Gasteiger partial charge in [-0.1, -0.05) is 11.6 Å². The van der Waals surface area contributed by atoms with Gasteiger partial charge in [0.2, 0.25) is 0 Å². The van der Waals surface area contributed by atoms with E-state index >= 15 is 0 Å². The van der Waals surface area contributed by atoms with Crippen molar-refractivity contribution in [1.29, 1.82) is 0 Å². The summed E-state index contributed by atoms with van der Waals surface area (Å²) in [6.45, 7) is -0.281. The van der Waals surface area contributed by atoms with Crippen LogP contribution in [0.2, 0.25) is 5.02 Å². The predicted octanol–water partition coefficient (Wildman–Crippen LogP) is 1.81. The van der Waals surface area contributed by atoms with E-state index in [0.29, 0.717) is 37.8 Å². The van der Waals surface area contributed by atoms with Crippen molar-refractivity contribution < 1.29 is 23.8 Å². The Morgan fingerprint density at radius 1 is 1.37 bits per heavy atom. The van der Waals surface area contributed by atoms with Crippen LogP contribution in [0.5, 0.6) is 5.75 Å². The summed E-state index contributed by atoms with van der Waals surface area (Å²) in [6, 6.07) is 3.96. The number of rotatable bonds is 6. The first kappa shape index (κ1) is 20.6. The number of aliphatic hydroxyl groups is 1. The minimum absolute atomic E-state index is 0.0238. The molecular weight excluding hydrogens is 415 g/mol. The van der Waals surface area contributed by atoms with Gasteiger partial charge in [-0.25, -0.2) is 4.39 Å². The summed E-state index contributed by atoms with van der Waals surface area (Å²) in [4.78, 5) is 24.2. The molecule has 2 aromatic rings. The van der Waals surface area contributed by atoms with Crippen LogP contribution in [0.3, 0.4) is 0 Å². The Hall–Kier alpha value is -2.65. The van der Waals surface area contributed by atoms with Crippen molar-refractivity contribution >= 4 is 23.4 Å². The highest BCUT2D eigenvalue weighted by molar-refractivity contribution is 6.30. The van der Waals surface area contributed by atoms with Gasteiger partial charge in [0.05, 0.1) is 28.6 Å². The third-order valence-electron chi connectivity index (χ3n) is 6.39. The summed E-state index contributed by atoms with van der Waals surface area (Å²) in [7, 11) is 0. The maximum Gasteiger partial charge on any atom is 0.258 e. The lowest BCUT2D eigenvalue weighted by atomic mass is 9.54. The molecule has 2 bridgehead atoms. The van der Waals surface area contributed by atoms with Crippen molar-refractivity contribution in [1.82, 2.24) is 15.5 Å². The summed E-state index contributed by atoms with van der Waals surface area (Å²) >= 11 is 5.64. The third-order valence-corrected chi connectivity index (χ3v) is 6.70. The third kappa shape index (κ3) is 3.52. The number of benzene rings is 1. The zero-order valence-electron chi connectivity index (χ0n) is 16.1. The molecule has 30 heavy (non-hydrogen) atoms. The van der Waals surface area contributed by atoms with E-state index in [1.165, 1.54) is 18.3 Å². The smallest absolute Gasteiger partial charge is 0.258 e. The highest BCUT2D eigenvalue weighted by atomic mass is 35.5. The average molecular weight is 437 g/mol. The Bertz CT molecular complexity index is 987. The Morgan fingerprint density at radius 2 is 2.10 bits per heavy atom. The zero-order chi connectivity index (χ0) is 21.5. The average Bonchev–Trinajstić information content (AvgIpc) is 3.20. The van der Waals surface area contributed by atoms with Crippen LogP contribution < -0.4 is 15.8 Å². The lowest BCUT2D eigenvalue weighted by Gasteiger charge is -2.56. The number of hydrogen-bond donors (Lipinski definition) is 4. The number of carbonyl (C=O) groups is 2. The molecule has 2 amide bonds. The quantitative estimate of drug-likeness (QED) is 0.548. The molecule has 0 saturated heterocycles. The van der Waals surface area contributed by atoms with Crippen molar-refractivity contribution in [2.24, 2.45) is 5.73 Å². The van der Waals surface area contributed by atoms with E-state index in [9.17, 15) is 19.1 Å². The molecule has 0 aliphatic heterocycles. The van der Waals surface area contributed by atoms with Crippen LogP contribution >= 0.6 is 11.6 Å². The molecule has 3 aliphatic rings. The number of primary amides is 1. The second kappa shape index (κ2) is 7.55. The molecule has 1 aromatic heterocycles. The Labute approximate surface area is 176 Å². The van der Waals surface area contributed by atoms with Gasteiger partial charge < -0.3 is 20.9 Å². The van der Waals surface area contributed by atoms with Gasteiger partial charge >= 0.3 is 0 Å². The molecule has 5 N–H and O–H groups in total. The molecular formula is C20H22ClFN4O4. The molecule has 160 valence electrons. The summed E-state index contributed by atoms with van der Waals surface area (Å²) < 4.78 is 18.9. The first-order valence-electron chi connectivity index (χ1n) is 9.65. The van der Waals surface area contributed by atoms with E-state index in [0.717, 1.165) is 6.07 Å². The van der Waals surface area contributed by atoms with Gasteiger partial charge in [-0.05, 0) is 44.2 Å². The molecule has 1 unspecified atom stereocenters. The largest absolute Gasteiger partial charge is 0.484 e. The molecule has 10 heteroatoms. The maximum absolute atomic E-state index is 13.5. The number of carbonyl (C=O) groups excluding carboxylic acids is 2. The summed E-state index contributed by atoms with van der Waals surface area (Å²) in [5.74, 6) is -1.37. The summed E-state index contributed by atoms with van der Waals surface area (Å²) in [5.41, 5.74) is 5.11. The van der Waals surface area contributed by atoms with Crippen LogP contribution in [0, 0.1) is 5.82 Å². The van der Waals surface area contributed by atoms with Crippen LogP contribution in [0.1, 0.15) is 48.2 Å². The van der Waals surface area contributed by atoms with E-state index in [2.05, 4.69) is 15.5 Å². The van der Waals surface area contributed by atoms with Crippen molar-refractivity contribution in [2.75, 3.05) is 6.61 Å². The van der Waals surface area contributed by atoms with Crippen LogP contribution in [0.15, 0.2) is 24.4 Å². The molecule has 3 fully saturated rings. The highest BCUT2D eigenvalue weighted by Gasteiger charge is 2.56. The predicted molar refractivity (Wildman–Crippen MR) is 106 cm³/mol. The van der Waals surface area contributed by atoms with E-state index in [1.54, 1.807) is 0 Å².